The maximum atomic E-state index is 12.5. The molecule has 0 heterocycles. The molecule has 1 amide bonds. The number of nitrogens with two attached hydrogens (primary N) is 1. The minimum atomic E-state index is -0.991. The van der Waals surface area contributed by atoms with Crippen LogP contribution in [0.15, 0.2) is 0 Å². The molecule has 5 N–H and O–H groups in total. The maximum absolute atomic E-state index is 12.5. The van der Waals surface area contributed by atoms with E-state index in [0.717, 1.165) is 25.7 Å². The molecule has 2 unspecified atom stereocenters. The number of amides is 1. The fourth-order valence-corrected chi connectivity index (χ4v) is 3.04. The Morgan fingerprint density at radius 1 is 1.09 bits per heavy atom. The molecule has 0 aliphatic rings. The summed E-state index contributed by atoms with van der Waals surface area (Å²) >= 11 is 4.62. The van der Waals surface area contributed by atoms with Crippen molar-refractivity contribution >= 4 is 37.5 Å². The summed E-state index contributed by atoms with van der Waals surface area (Å²) in [7, 11) is 0. The Kier molecular flexibility index (Phi) is 14.5. The van der Waals surface area contributed by atoms with Gasteiger partial charge in [-0.05, 0) is 19.3 Å². The standard InChI is InChI=1S/C23H46BN3O4S/c1-21(2,3)10-13-24-17-26-15-11-23(6,32)31-16-12-22(4,5)20(30)27-14-8-7-9-18(25)19(28)29/h17-18,26,32H,7-16,25H2,1-6H3,(H,27,30)(H,28,29). The monoisotopic (exact) mass is 471 g/mol. The van der Waals surface area contributed by atoms with Crippen molar-refractivity contribution in [3.8, 4) is 0 Å². The van der Waals surface area contributed by atoms with Gasteiger partial charge in [-0.25, -0.2) is 0 Å². The second-order valence-corrected chi connectivity index (χ2v) is 11.5. The van der Waals surface area contributed by atoms with E-state index in [1.807, 2.05) is 26.9 Å². The van der Waals surface area contributed by atoms with Gasteiger partial charge in [0.1, 0.15) is 6.04 Å². The van der Waals surface area contributed by atoms with Crippen LogP contribution in [0.3, 0.4) is 0 Å². The number of unbranched alkanes of at least 4 members (excludes halogenated alkanes) is 1. The van der Waals surface area contributed by atoms with Crippen molar-refractivity contribution in [3.05, 3.63) is 0 Å². The van der Waals surface area contributed by atoms with Gasteiger partial charge in [0.2, 0.25) is 0 Å². The molecule has 9 heteroatoms. The Morgan fingerprint density at radius 3 is 2.34 bits per heavy atom. The van der Waals surface area contributed by atoms with Crippen LogP contribution in [0, 0.1) is 10.8 Å². The van der Waals surface area contributed by atoms with E-state index in [2.05, 4.69) is 51.0 Å². The van der Waals surface area contributed by atoms with Crippen LogP contribution < -0.4 is 16.4 Å². The SMILES string of the molecule is CC(C)(C)CCB=CNCCC(C)(S)OCCC(C)(C)C(=O)NCCCCC(N)C(=O)O. The quantitative estimate of drug-likeness (QED) is 0.0965. The zero-order valence-corrected chi connectivity index (χ0v) is 21.9. The number of ether oxygens (including phenoxy) is 1. The van der Waals surface area contributed by atoms with E-state index in [1.165, 1.54) is 0 Å². The molecule has 0 aliphatic carbocycles. The average Bonchev–Trinajstić information content (AvgIpc) is 2.65. The molecule has 0 saturated carbocycles. The molecule has 0 aliphatic heterocycles. The molecule has 186 valence electrons. The van der Waals surface area contributed by atoms with Gasteiger partial charge in [-0.1, -0.05) is 0 Å². The van der Waals surface area contributed by atoms with E-state index in [1.54, 1.807) is 0 Å². The number of thiol groups is 1. The first-order valence-electron chi connectivity index (χ1n) is 11.7. The zero-order chi connectivity index (χ0) is 24.8. The number of nitrogens with one attached hydrogen (secondary N) is 2. The minimum Gasteiger partial charge on any atom is -0.480 e. The van der Waals surface area contributed by atoms with Crippen molar-refractivity contribution in [2.45, 2.75) is 97.4 Å². The van der Waals surface area contributed by atoms with Gasteiger partial charge < -0.3 is 10.8 Å². The van der Waals surface area contributed by atoms with Crippen molar-refractivity contribution in [2.24, 2.45) is 16.6 Å². The van der Waals surface area contributed by atoms with E-state index in [0.29, 0.717) is 44.2 Å². The predicted octanol–water partition coefficient (Wildman–Crippen LogP) is 3.06. The van der Waals surface area contributed by atoms with Gasteiger partial charge in [0.15, 0.2) is 0 Å². The van der Waals surface area contributed by atoms with E-state index in [4.69, 9.17) is 15.6 Å². The Balaban J connectivity index is 4.05. The molecule has 0 aromatic carbocycles. The summed E-state index contributed by atoms with van der Waals surface area (Å²) in [5.41, 5.74) is 5.26. The number of carbonyl (C=O) groups is 2. The van der Waals surface area contributed by atoms with Crippen LogP contribution in [0.5, 0.6) is 0 Å². The number of hydrogen-bond acceptors (Lipinski definition) is 6. The first-order chi connectivity index (χ1) is 14.7. The molecule has 0 radical (unpaired) electrons. The number of carbonyl (C=O) groups excluding carboxylic acids is 1. The third-order valence-electron chi connectivity index (χ3n) is 5.33. The number of hydrogen-bond donors (Lipinski definition) is 5. The van der Waals surface area contributed by atoms with Gasteiger partial charge in [0.25, 0.3) is 0 Å². The van der Waals surface area contributed by atoms with Gasteiger partial charge in [0, 0.05) is 0 Å². The molecule has 0 rings (SSSR count). The molecule has 2 atom stereocenters. The van der Waals surface area contributed by atoms with E-state index in [-0.39, 0.29) is 5.91 Å². The van der Waals surface area contributed by atoms with Crippen LogP contribution in [0.2, 0.25) is 6.32 Å². The van der Waals surface area contributed by atoms with Crippen LogP contribution in [-0.4, -0.2) is 60.7 Å². The fourth-order valence-electron chi connectivity index (χ4n) is 2.84. The number of carboxylic acids is 1. The van der Waals surface area contributed by atoms with Crippen molar-refractivity contribution in [1.29, 1.82) is 0 Å². The Bertz CT molecular complexity index is 592. The molecule has 0 saturated heterocycles. The van der Waals surface area contributed by atoms with Gasteiger partial charge in [-0.2, -0.15) is 0 Å². The van der Waals surface area contributed by atoms with Crippen LogP contribution in [-0.2, 0) is 14.3 Å². The zero-order valence-electron chi connectivity index (χ0n) is 21.0. The van der Waals surface area contributed by atoms with Crippen molar-refractivity contribution in [2.75, 3.05) is 19.7 Å². The molecule has 0 aromatic rings. The van der Waals surface area contributed by atoms with Gasteiger partial charge in [-0.3, -0.25) is 4.79 Å². The van der Waals surface area contributed by atoms with Gasteiger partial charge in [0.05, 0.1) is 0 Å². The summed E-state index contributed by atoms with van der Waals surface area (Å²) in [5.74, 6) is -1.03. The Labute approximate surface area is 201 Å². The summed E-state index contributed by atoms with van der Waals surface area (Å²) in [6.07, 6.45) is 7.30. The molecule has 0 spiro atoms. The third kappa shape index (κ3) is 16.6. The van der Waals surface area contributed by atoms with Gasteiger partial charge in [-0.15, -0.1) is 0 Å². The molecule has 0 fully saturated rings. The summed E-state index contributed by atoms with van der Waals surface area (Å²) < 4.78 is 5.93. The third-order valence-corrected chi connectivity index (χ3v) is 5.68. The number of rotatable bonds is 17. The van der Waals surface area contributed by atoms with Crippen LogP contribution in [0.1, 0.15) is 80.1 Å². The molecule has 0 bridgehead atoms. The smallest absolute Gasteiger partial charge is 0.480 e. The minimum absolute atomic E-state index is 0.0356. The Morgan fingerprint density at radius 2 is 1.75 bits per heavy atom. The van der Waals surface area contributed by atoms with Crippen LogP contribution >= 0.6 is 12.6 Å². The van der Waals surface area contributed by atoms with Crippen molar-refractivity contribution in [1.82, 2.24) is 10.6 Å². The molecule has 0 aromatic heterocycles. The van der Waals surface area contributed by atoms with Crippen molar-refractivity contribution in [3.63, 3.8) is 0 Å². The first kappa shape index (κ1) is 30.9. The summed E-state index contributed by atoms with van der Waals surface area (Å²) in [4.78, 5) is 22.6. The van der Waals surface area contributed by atoms with E-state index in [9.17, 15) is 9.59 Å². The number of carboxylic acid groups (broad SMARTS) is 1. The normalized spacial score (nSPS) is 15.1. The predicted molar refractivity (Wildman–Crippen MR) is 138 cm³/mol. The van der Waals surface area contributed by atoms with Crippen LogP contribution in [0.4, 0.5) is 0 Å². The summed E-state index contributed by atoms with van der Waals surface area (Å²) in [6.45, 7) is 16.3. The average molecular weight is 472 g/mol. The van der Waals surface area contributed by atoms with Gasteiger partial charge >= 0.3 is 160 Å². The second kappa shape index (κ2) is 15.0. The molecular formula is C23H46BN3O4S. The molecule has 32 heavy (non-hydrogen) atoms. The fraction of sp³-hybridized carbons (Fsp3) is 0.870. The van der Waals surface area contributed by atoms with Crippen LogP contribution in [0.25, 0.3) is 0 Å². The topological polar surface area (TPSA) is 114 Å². The van der Waals surface area contributed by atoms with E-state index >= 15 is 0 Å². The molecule has 7 nitrogen and oxygen atoms in total. The van der Waals surface area contributed by atoms with E-state index < -0.39 is 22.4 Å². The Hall–Kier alpha value is -1.06. The molecular weight excluding hydrogens is 425 g/mol. The van der Waals surface area contributed by atoms with Crippen molar-refractivity contribution < 1.29 is 19.4 Å². The first-order valence-corrected chi connectivity index (χ1v) is 12.1. The summed E-state index contributed by atoms with van der Waals surface area (Å²) in [6, 6.07) is -0.838. The second-order valence-electron chi connectivity index (χ2n) is 10.6. The summed E-state index contributed by atoms with van der Waals surface area (Å²) in [5, 5.41) is 15.0. The number of aliphatic carboxylic acids is 1.